The molecule has 2 aromatic heterocycles. The summed E-state index contributed by atoms with van der Waals surface area (Å²) in [4.78, 5) is 52.5. The number of likely N-dealkylation sites (N-methyl/N-ethyl adjacent to an activating group) is 1. The van der Waals surface area contributed by atoms with Crippen LogP contribution in [0.5, 0.6) is 11.5 Å². The lowest BCUT2D eigenvalue weighted by Gasteiger charge is -2.36. The Morgan fingerprint density at radius 3 is 2.35 bits per heavy atom. The fraction of sp³-hybridized carbons (Fsp3) is 0.357. The first-order valence-corrected chi connectivity index (χ1v) is 24.1. The van der Waals surface area contributed by atoms with E-state index in [4.69, 9.17) is 4.74 Å². The molecule has 0 bridgehead atoms. The van der Waals surface area contributed by atoms with Crippen molar-refractivity contribution in [1.29, 1.82) is 5.26 Å². The van der Waals surface area contributed by atoms with Gasteiger partial charge in [-0.25, -0.2) is 0 Å². The number of ether oxygens (including phenoxy) is 1. The Bertz CT molecular complexity index is 2960. The lowest BCUT2D eigenvalue weighted by molar-refractivity contribution is -0.131. The van der Waals surface area contributed by atoms with Crippen molar-refractivity contribution in [2.24, 2.45) is 7.05 Å². The Hall–Kier alpha value is -7.10. The first-order chi connectivity index (χ1) is 32.9. The molecular formula is C56H59N7O5. The third kappa shape index (κ3) is 8.67. The van der Waals surface area contributed by atoms with Crippen molar-refractivity contribution in [3.8, 4) is 28.8 Å². The van der Waals surface area contributed by atoms with Crippen molar-refractivity contribution in [2.45, 2.75) is 96.9 Å². The zero-order valence-corrected chi connectivity index (χ0v) is 39.5. The maximum atomic E-state index is 15.3. The topological polar surface area (TPSA) is 127 Å². The summed E-state index contributed by atoms with van der Waals surface area (Å²) in [6, 6.07) is 33.5. The van der Waals surface area contributed by atoms with Gasteiger partial charge in [0.05, 0.1) is 17.7 Å². The quantitative estimate of drug-likeness (QED) is 0.130. The van der Waals surface area contributed by atoms with Crippen LogP contribution in [-0.4, -0.2) is 85.5 Å². The highest BCUT2D eigenvalue weighted by atomic mass is 16.5. The second kappa shape index (κ2) is 18.5. The summed E-state index contributed by atoms with van der Waals surface area (Å²) in [6.07, 6.45) is 6.68. The van der Waals surface area contributed by atoms with Gasteiger partial charge in [-0.3, -0.25) is 19.3 Å². The van der Waals surface area contributed by atoms with Gasteiger partial charge in [0, 0.05) is 85.8 Å². The number of nitriles is 1. The molecule has 5 heterocycles. The number of carbonyl (C=O) groups is 3. The Balaban J connectivity index is 0.996. The maximum Gasteiger partial charge on any atom is 0.264 e. The largest absolute Gasteiger partial charge is 0.508 e. The molecule has 12 heteroatoms. The Labute approximate surface area is 398 Å². The minimum absolute atomic E-state index is 0.0335. The number of hydrogen-bond donors (Lipinski definition) is 1. The maximum absolute atomic E-state index is 15.3. The molecule has 0 spiro atoms. The first kappa shape index (κ1) is 44.7. The van der Waals surface area contributed by atoms with Crippen LogP contribution in [0.3, 0.4) is 0 Å². The number of phenols is 1. The highest BCUT2D eigenvalue weighted by Gasteiger charge is 2.35. The van der Waals surface area contributed by atoms with Gasteiger partial charge >= 0.3 is 0 Å². The molecule has 1 fully saturated rings. The molecule has 0 saturated heterocycles. The molecule has 4 aromatic carbocycles. The fourth-order valence-corrected chi connectivity index (χ4v) is 10.5. The van der Waals surface area contributed by atoms with Crippen LogP contribution < -0.4 is 9.64 Å². The highest BCUT2D eigenvalue weighted by molar-refractivity contribution is 6.13. The molecule has 0 radical (unpaired) electrons. The molecule has 4 aliphatic rings. The van der Waals surface area contributed by atoms with Gasteiger partial charge in [0.25, 0.3) is 11.8 Å². The van der Waals surface area contributed by atoms with Crippen molar-refractivity contribution in [3.05, 3.63) is 153 Å². The summed E-state index contributed by atoms with van der Waals surface area (Å²) in [5, 5.41) is 20.2. The summed E-state index contributed by atoms with van der Waals surface area (Å²) in [7, 11) is 3.96. The summed E-state index contributed by atoms with van der Waals surface area (Å²) >= 11 is 0. The van der Waals surface area contributed by atoms with E-state index in [1.165, 1.54) is 18.4 Å². The van der Waals surface area contributed by atoms with Crippen molar-refractivity contribution in [3.63, 3.8) is 0 Å². The van der Waals surface area contributed by atoms with E-state index >= 15 is 9.59 Å². The zero-order valence-electron chi connectivity index (χ0n) is 39.5. The molecule has 68 heavy (non-hydrogen) atoms. The van der Waals surface area contributed by atoms with E-state index < -0.39 is 0 Å². The predicted molar refractivity (Wildman–Crippen MR) is 262 cm³/mol. The van der Waals surface area contributed by atoms with E-state index in [9.17, 15) is 15.2 Å². The van der Waals surface area contributed by atoms with Crippen LogP contribution in [0.4, 0.5) is 11.4 Å². The second-order valence-electron chi connectivity index (χ2n) is 19.2. The van der Waals surface area contributed by atoms with E-state index in [1.807, 2.05) is 66.2 Å². The molecule has 3 amide bonds. The van der Waals surface area contributed by atoms with Gasteiger partial charge in [-0.15, -0.1) is 0 Å². The van der Waals surface area contributed by atoms with Gasteiger partial charge in [0.15, 0.2) is 0 Å². The fourth-order valence-electron chi connectivity index (χ4n) is 10.5. The van der Waals surface area contributed by atoms with Gasteiger partial charge in [-0.2, -0.15) is 5.26 Å². The van der Waals surface area contributed by atoms with Gasteiger partial charge in [0.1, 0.15) is 29.9 Å². The molecule has 1 N–H and O–H groups in total. The van der Waals surface area contributed by atoms with Crippen LogP contribution in [0, 0.1) is 18.3 Å². The van der Waals surface area contributed by atoms with E-state index in [2.05, 4.69) is 53.8 Å². The average molecular weight is 910 g/mol. The van der Waals surface area contributed by atoms with Crippen molar-refractivity contribution >= 4 is 29.1 Å². The van der Waals surface area contributed by atoms with Crippen LogP contribution in [0.25, 0.3) is 11.3 Å². The monoisotopic (exact) mass is 909 g/mol. The number of aromatic nitrogens is 2. The molecule has 1 aliphatic carbocycles. The number of anilines is 2. The predicted octanol–water partition coefficient (Wildman–Crippen LogP) is 8.88. The first-order valence-electron chi connectivity index (χ1n) is 24.1. The second-order valence-corrected chi connectivity index (χ2v) is 19.2. The van der Waals surface area contributed by atoms with Crippen molar-refractivity contribution in [1.82, 2.24) is 23.8 Å². The van der Waals surface area contributed by atoms with Crippen LogP contribution >= 0.6 is 0 Å². The molecule has 348 valence electrons. The number of benzene rings is 4. The lowest BCUT2D eigenvalue weighted by Crippen LogP contribution is -2.43. The van der Waals surface area contributed by atoms with Crippen LogP contribution in [0.2, 0.25) is 0 Å². The Kier molecular flexibility index (Phi) is 12.2. The number of rotatable bonds is 12. The average Bonchev–Trinajstić information content (AvgIpc) is 4.09. The smallest absolute Gasteiger partial charge is 0.264 e. The third-order valence-corrected chi connectivity index (χ3v) is 14.8. The van der Waals surface area contributed by atoms with E-state index in [-0.39, 0.29) is 35.9 Å². The van der Waals surface area contributed by atoms with Gasteiger partial charge in [-0.05, 0) is 154 Å². The van der Waals surface area contributed by atoms with E-state index in [0.29, 0.717) is 79.9 Å². The lowest BCUT2D eigenvalue weighted by atomic mass is 9.89. The van der Waals surface area contributed by atoms with E-state index in [0.717, 1.165) is 76.5 Å². The molecule has 6 aromatic rings. The molecule has 10 rings (SSSR count). The number of hydrogen-bond acceptors (Lipinski definition) is 7. The summed E-state index contributed by atoms with van der Waals surface area (Å²) < 4.78 is 10.0. The standard InChI is InChI=1S/C56H59N7O5/c1-36-27-39-9-5-6-10-41(39)35-62(36)55(66)49-30-42-34-60(54(65)28-38-12-20-47(21-13-38)68-26-25-58(3)43-14-15-43)24-22-40(42)29-48(49)53-32-50(51-11-7-8-23-61(51)53)56(67)63(44-16-18-46(64)19-17-44)52-31-45(33-57)59(4)37(52)2/h5-6,9-10,12-13,16-21,29-32,36,43,64H,7-8,11,14-15,22-28,34-35H2,1-4H3/t36-/m1/s1. The van der Waals surface area contributed by atoms with Crippen molar-refractivity contribution < 1.29 is 24.2 Å². The van der Waals surface area contributed by atoms with E-state index in [1.54, 1.807) is 39.8 Å². The van der Waals surface area contributed by atoms with Gasteiger partial charge < -0.3 is 33.7 Å². The Morgan fingerprint density at radius 2 is 1.62 bits per heavy atom. The molecule has 1 saturated carbocycles. The summed E-state index contributed by atoms with van der Waals surface area (Å²) in [5.41, 5.74) is 11.2. The SMILES string of the molecule is Cc1c(N(C(=O)c2cc(-c3cc4c(cc3C(=O)N3Cc5ccccc5C[C@H]3C)CN(C(=O)Cc3ccc(OCCN(C)C5CC5)cc3)CC4)n3c2CCCC3)c2ccc(O)cc2)cc(C#N)n1C. The van der Waals surface area contributed by atoms with Crippen LogP contribution in [0.1, 0.15) is 98.2 Å². The Morgan fingerprint density at radius 1 is 0.853 bits per heavy atom. The molecule has 0 unspecified atom stereocenters. The van der Waals surface area contributed by atoms with Gasteiger partial charge in [0.2, 0.25) is 5.91 Å². The molecule has 1 atom stereocenters. The minimum Gasteiger partial charge on any atom is -0.508 e. The van der Waals surface area contributed by atoms with Crippen LogP contribution in [0.15, 0.2) is 97.1 Å². The number of fused-ring (bicyclic) bond motifs is 3. The number of nitrogens with zero attached hydrogens (tertiary/aromatic N) is 7. The molecular weight excluding hydrogens is 851 g/mol. The van der Waals surface area contributed by atoms with Crippen LogP contribution in [-0.2, 0) is 57.2 Å². The highest BCUT2D eigenvalue weighted by Crippen LogP contribution is 2.40. The third-order valence-electron chi connectivity index (χ3n) is 14.8. The zero-order chi connectivity index (χ0) is 47.2. The number of aromatic hydroxyl groups is 1. The number of amides is 3. The summed E-state index contributed by atoms with van der Waals surface area (Å²) in [6.45, 7) is 7.62. The minimum atomic E-state index is -0.258. The molecule has 3 aliphatic heterocycles. The number of carbonyl (C=O) groups excluding carboxylic acids is 3. The summed E-state index contributed by atoms with van der Waals surface area (Å²) in [5.74, 6) is 0.572. The van der Waals surface area contributed by atoms with Crippen molar-refractivity contribution in [2.75, 3.05) is 31.6 Å². The normalized spacial score (nSPS) is 16.4. The molecule has 12 nitrogen and oxygen atoms in total. The van der Waals surface area contributed by atoms with Gasteiger partial charge in [-0.1, -0.05) is 36.4 Å². The number of phenolic OH excluding ortho intramolecular Hbond substituents is 1.